The van der Waals surface area contributed by atoms with Gasteiger partial charge in [-0.25, -0.2) is 9.97 Å². The lowest BCUT2D eigenvalue weighted by Gasteiger charge is -2.17. The first-order valence-corrected chi connectivity index (χ1v) is 12.0. The van der Waals surface area contributed by atoms with Gasteiger partial charge >= 0.3 is 0 Å². The van der Waals surface area contributed by atoms with E-state index < -0.39 is 0 Å². The molecule has 0 aliphatic heterocycles. The van der Waals surface area contributed by atoms with Crippen molar-refractivity contribution < 1.29 is 4.79 Å². The molecule has 0 fully saturated rings. The molecule has 6 nitrogen and oxygen atoms in total. The number of thiazole rings is 1. The molecule has 0 aromatic carbocycles. The number of anilines is 1. The smallest absolute Gasteiger partial charge is 0.263 e. The number of rotatable bonds is 5. The van der Waals surface area contributed by atoms with Crippen LogP contribution in [-0.2, 0) is 29.9 Å². The van der Waals surface area contributed by atoms with Crippen molar-refractivity contribution in [3.63, 3.8) is 0 Å². The average Bonchev–Trinajstić information content (AvgIpc) is 3.22. The van der Waals surface area contributed by atoms with Gasteiger partial charge in [-0.05, 0) is 37.7 Å². The molecule has 0 spiro atoms. The highest BCUT2D eigenvalue weighted by Crippen LogP contribution is 2.36. The summed E-state index contributed by atoms with van der Waals surface area (Å²) in [5, 5.41) is 6.79. The average molecular weight is 435 g/mol. The van der Waals surface area contributed by atoms with Crippen LogP contribution in [0.2, 0.25) is 0 Å². The number of amides is 1. The fraction of sp³-hybridized carbons (Fsp3) is 0.474. The number of carbonyl (C=O) groups is 1. The fourth-order valence-electron chi connectivity index (χ4n) is 3.51. The fourth-order valence-corrected chi connectivity index (χ4v) is 6.75. The summed E-state index contributed by atoms with van der Waals surface area (Å²) in [6.45, 7) is 6.32. The van der Waals surface area contributed by atoms with E-state index >= 15 is 0 Å². The number of hydrogen-bond donors (Lipinski definition) is 1. The minimum Gasteiger partial charge on any atom is -0.302 e. The summed E-state index contributed by atoms with van der Waals surface area (Å²) < 4.78 is 1.78. The molecule has 1 atom stereocenters. The Balaban J connectivity index is 1.64. The van der Waals surface area contributed by atoms with Crippen molar-refractivity contribution >= 4 is 55.7 Å². The minimum absolute atomic E-state index is 0.0827. The van der Waals surface area contributed by atoms with E-state index in [1.54, 1.807) is 15.9 Å². The highest BCUT2D eigenvalue weighted by Gasteiger charge is 2.24. The quantitative estimate of drug-likeness (QED) is 0.478. The molecule has 1 amide bonds. The Hall–Kier alpha value is -1.71. The Labute approximate surface area is 175 Å². The summed E-state index contributed by atoms with van der Waals surface area (Å²) in [4.78, 5) is 35.8. The lowest BCUT2D eigenvalue weighted by atomic mass is 9.89. The van der Waals surface area contributed by atoms with Crippen LogP contribution in [0.1, 0.15) is 43.3 Å². The molecule has 9 heteroatoms. The third kappa shape index (κ3) is 3.75. The standard InChI is InChI=1S/C19H22N4O2S3/c1-4-23-17(25)15-13-6-5-10(2)7-14(13)28-16(15)22-19(23)27-9-12-8-26-18(21-12)20-11(3)24/h8,10H,4-7,9H2,1-3H3,(H,20,21,24). The normalized spacial score (nSPS) is 16.3. The summed E-state index contributed by atoms with van der Waals surface area (Å²) in [6.07, 6.45) is 3.17. The Morgan fingerprint density at radius 1 is 1.43 bits per heavy atom. The van der Waals surface area contributed by atoms with Crippen LogP contribution in [0.25, 0.3) is 10.2 Å². The Bertz CT molecular complexity index is 1100. The second kappa shape index (κ2) is 7.96. The van der Waals surface area contributed by atoms with Gasteiger partial charge in [0.25, 0.3) is 5.56 Å². The van der Waals surface area contributed by atoms with E-state index in [-0.39, 0.29) is 11.5 Å². The number of carbonyl (C=O) groups excluding carboxylic acids is 1. The van der Waals surface area contributed by atoms with Gasteiger partial charge in [-0.15, -0.1) is 22.7 Å². The predicted molar refractivity (Wildman–Crippen MR) is 117 cm³/mol. The molecule has 3 heterocycles. The lowest BCUT2D eigenvalue weighted by molar-refractivity contribution is -0.114. The first kappa shape index (κ1) is 19.6. The second-order valence-corrected chi connectivity index (χ2v) is 9.97. The highest BCUT2D eigenvalue weighted by molar-refractivity contribution is 7.98. The maximum Gasteiger partial charge on any atom is 0.263 e. The van der Waals surface area contributed by atoms with Crippen LogP contribution >= 0.6 is 34.4 Å². The molecule has 0 radical (unpaired) electrons. The van der Waals surface area contributed by atoms with E-state index in [4.69, 9.17) is 4.98 Å². The molecule has 3 aromatic rings. The maximum absolute atomic E-state index is 13.2. The van der Waals surface area contributed by atoms with Gasteiger partial charge in [0.2, 0.25) is 5.91 Å². The predicted octanol–water partition coefficient (Wildman–Crippen LogP) is 4.31. The van der Waals surface area contributed by atoms with Crippen molar-refractivity contribution in [3.05, 3.63) is 31.9 Å². The lowest BCUT2D eigenvalue weighted by Crippen LogP contribution is -2.23. The zero-order chi connectivity index (χ0) is 19.8. The van der Waals surface area contributed by atoms with Crippen molar-refractivity contribution in [2.75, 3.05) is 5.32 Å². The summed E-state index contributed by atoms with van der Waals surface area (Å²) >= 11 is 4.61. The molecule has 4 rings (SSSR count). The minimum atomic E-state index is -0.128. The Morgan fingerprint density at radius 3 is 3.00 bits per heavy atom. The van der Waals surface area contributed by atoms with Gasteiger partial charge in [-0.3, -0.25) is 14.2 Å². The Morgan fingerprint density at radius 2 is 2.25 bits per heavy atom. The molecule has 1 unspecified atom stereocenters. The Kier molecular flexibility index (Phi) is 5.57. The zero-order valence-corrected chi connectivity index (χ0v) is 18.5. The molecule has 3 aromatic heterocycles. The van der Waals surface area contributed by atoms with Crippen LogP contribution in [0.3, 0.4) is 0 Å². The summed E-state index contributed by atoms with van der Waals surface area (Å²) in [5.41, 5.74) is 2.18. The van der Waals surface area contributed by atoms with Crippen molar-refractivity contribution in [1.29, 1.82) is 0 Å². The van der Waals surface area contributed by atoms with Crippen molar-refractivity contribution in [3.8, 4) is 0 Å². The van der Waals surface area contributed by atoms with Crippen molar-refractivity contribution in [1.82, 2.24) is 14.5 Å². The summed E-state index contributed by atoms with van der Waals surface area (Å²) in [6, 6.07) is 0. The first-order chi connectivity index (χ1) is 13.5. The van der Waals surface area contributed by atoms with Gasteiger partial charge in [0, 0.05) is 29.5 Å². The zero-order valence-electron chi connectivity index (χ0n) is 16.1. The highest BCUT2D eigenvalue weighted by atomic mass is 32.2. The van der Waals surface area contributed by atoms with Crippen LogP contribution in [0.15, 0.2) is 15.3 Å². The van der Waals surface area contributed by atoms with E-state index in [0.29, 0.717) is 23.3 Å². The third-order valence-corrected chi connectivity index (χ3v) is 7.85. The molecule has 1 N–H and O–H groups in total. The van der Waals surface area contributed by atoms with E-state index in [1.165, 1.54) is 40.5 Å². The van der Waals surface area contributed by atoms with Crippen molar-refractivity contribution in [2.45, 2.75) is 57.5 Å². The van der Waals surface area contributed by atoms with Gasteiger partial charge in [0.05, 0.1) is 11.1 Å². The van der Waals surface area contributed by atoms with Gasteiger partial charge in [0.15, 0.2) is 10.3 Å². The van der Waals surface area contributed by atoms with Crippen molar-refractivity contribution in [2.24, 2.45) is 5.92 Å². The number of nitrogens with zero attached hydrogens (tertiary/aromatic N) is 3. The number of fused-ring (bicyclic) bond motifs is 3. The SMILES string of the molecule is CCn1c(SCc2csc(NC(C)=O)n2)nc2sc3c(c2c1=O)CCC(C)C3. The van der Waals surface area contributed by atoms with E-state index in [0.717, 1.165) is 40.3 Å². The maximum atomic E-state index is 13.2. The van der Waals surface area contributed by atoms with Crippen LogP contribution in [0, 0.1) is 5.92 Å². The number of thiophene rings is 1. The topological polar surface area (TPSA) is 76.9 Å². The van der Waals surface area contributed by atoms with Crippen LogP contribution < -0.4 is 10.9 Å². The van der Waals surface area contributed by atoms with E-state index in [9.17, 15) is 9.59 Å². The van der Waals surface area contributed by atoms with Gasteiger partial charge in [-0.1, -0.05) is 18.7 Å². The monoisotopic (exact) mass is 434 g/mol. The van der Waals surface area contributed by atoms with Gasteiger partial charge in [-0.2, -0.15) is 0 Å². The van der Waals surface area contributed by atoms with Crippen LogP contribution in [0.4, 0.5) is 5.13 Å². The number of aromatic nitrogens is 3. The molecule has 0 saturated heterocycles. The number of thioether (sulfide) groups is 1. The number of nitrogens with one attached hydrogen (secondary N) is 1. The number of hydrogen-bond acceptors (Lipinski definition) is 7. The second-order valence-electron chi connectivity index (χ2n) is 7.09. The molecular formula is C19H22N4O2S3. The molecule has 1 aliphatic carbocycles. The summed E-state index contributed by atoms with van der Waals surface area (Å²) in [5.74, 6) is 1.15. The van der Waals surface area contributed by atoms with Crippen LogP contribution in [-0.4, -0.2) is 20.4 Å². The molecule has 28 heavy (non-hydrogen) atoms. The van der Waals surface area contributed by atoms with Gasteiger partial charge in [0.1, 0.15) is 4.83 Å². The first-order valence-electron chi connectivity index (χ1n) is 9.36. The molecule has 148 valence electrons. The third-order valence-electron chi connectivity index (χ3n) is 4.88. The van der Waals surface area contributed by atoms with Gasteiger partial charge < -0.3 is 5.32 Å². The summed E-state index contributed by atoms with van der Waals surface area (Å²) in [7, 11) is 0. The number of aryl methyl sites for hydroxylation is 1. The van der Waals surface area contributed by atoms with Crippen LogP contribution in [0.5, 0.6) is 0 Å². The molecular weight excluding hydrogens is 412 g/mol. The molecule has 0 saturated carbocycles. The molecule has 1 aliphatic rings. The van der Waals surface area contributed by atoms with E-state index in [1.807, 2.05) is 12.3 Å². The van der Waals surface area contributed by atoms with E-state index in [2.05, 4.69) is 17.2 Å². The largest absolute Gasteiger partial charge is 0.302 e. The molecule has 0 bridgehead atoms.